The minimum absolute atomic E-state index is 0.122. The molecule has 0 unspecified atom stereocenters. The van der Waals surface area contributed by atoms with E-state index in [4.69, 9.17) is 0 Å². The predicted molar refractivity (Wildman–Crippen MR) is 92.6 cm³/mol. The first-order chi connectivity index (χ1) is 11.3. The molecule has 0 radical (unpaired) electrons. The van der Waals surface area contributed by atoms with Gasteiger partial charge in [0.2, 0.25) is 0 Å². The molecule has 0 saturated carbocycles. The smallest absolute Gasteiger partial charge is 0.265 e. The van der Waals surface area contributed by atoms with E-state index < -0.39 is 0 Å². The molecule has 1 amide bonds. The largest absolute Gasteiger partial charge is 0.335 e. The van der Waals surface area contributed by atoms with Gasteiger partial charge in [-0.3, -0.25) is 9.78 Å². The van der Waals surface area contributed by atoms with Crippen molar-refractivity contribution in [2.45, 2.75) is 32.2 Å². The Hall–Kier alpha value is -1.79. The summed E-state index contributed by atoms with van der Waals surface area (Å²) in [6.07, 6.45) is 8.25. The molecule has 6 heteroatoms. The average Bonchev–Trinajstić information content (AvgIpc) is 3.11. The SMILES string of the molecule is CCCN(C(=O)c1cnc(-c2ccncc2)s1)C1CCNCC1. The molecule has 0 bridgehead atoms. The van der Waals surface area contributed by atoms with Crippen LogP contribution in [0.2, 0.25) is 0 Å². The van der Waals surface area contributed by atoms with Crippen LogP contribution in [0, 0.1) is 0 Å². The average molecular weight is 330 g/mol. The van der Waals surface area contributed by atoms with Crippen molar-refractivity contribution in [1.82, 2.24) is 20.2 Å². The molecule has 2 aromatic rings. The Kier molecular flexibility index (Phi) is 5.35. The van der Waals surface area contributed by atoms with Crippen molar-refractivity contribution >= 4 is 17.2 Å². The minimum Gasteiger partial charge on any atom is -0.335 e. The number of thiazole rings is 1. The predicted octanol–water partition coefficient (Wildman–Crippen LogP) is 2.81. The van der Waals surface area contributed by atoms with Crippen molar-refractivity contribution in [3.8, 4) is 10.6 Å². The normalized spacial score (nSPS) is 15.5. The van der Waals surface area contributed by atoms with Crippen molar-refractivity contribution in [1.29, 1.82) is 0 Å². The van der Waals surface area contributed by atoms with Gasteiger partial charge in [0.05, 0.1) is 6.20 Å². The molecule has 1 saturated heterocycles. The lowest BCUT2D eigenvalue weighted by Gasteiger charge is -2.34. The van der Waals surface area contributed by atoms with Crippen LogP contribution < -0.4 is 5.32 Å². The molecular formula is C17H22N4OS. The molecule has 0 atom stereocenters. The van der Waals surface area contributed by atoms with Crippen molar-refractivity contribution < 1.29 is 4.79 Å². The number of hydrogen-bond acceptors (Lipinski definition) is 5. The molecule has 23 heavy (non-hydrogen) atoms. The van der Waals surface area contributed by atoms with Gasteiger partial charge in [-0.15, -0.1) is 11.3 Å². The Morgan fingerprint density at radius 3 is 2.78 bits per heavy atom. The monoisotopic (exact) mass is 330 g/mol. The molecule has 0 aromatic carbocycles. The first-order valence-electron chi connectivity index (χ1n) is 8.17. The first kappa shape index (κ1) is 16.1. The van der Waals surface area contributed by atoms with Crippen LogP contribution in [0.25, 0.3) is 10.6 Å². The maximum atomic E-state index is 12.9. The molecule has 1 aliphatic heterocycles. The Labute approximate surface area is 140 Å². The number of carbonyl (C=O) groups is 1. The van der Waals surface area contributed by atoms with Gasteiger partial charge in [-0.05, 0) is 44.5 Å². The van der Waals surface area contributed by atoms with Gasteiger partial charge in [-0.2, -0.15) is 0 Å². The standard InChI is InChI=1S/C17H22N4OS/c1-2-11-21(14-5-9-19-10-6-14)17(22)15-12-20-16(23-15)13-3-7-18-8-4-13/h3-4,7-8,12,14,19H,2,5-6,9-11H2,1H3. The fraction of sp³-hybridized carbons (Fsp3) is 0.471. The van der Waals surface area contributed by atoms with Gasteiger partial charge in [0, 0.05) is 30.5 Å². The summed E-state index contributed by atoms with van der Waals surface area (Å²) < 4.78 is 0. The van der Waals surface area contributed by atoms with Gasteiger partial charge < -0.3 is 10.2 Å². The van der Waals surface area contributed by atoms with E-state index in [0.29, 0.717) is 6.04 Å². The summed E-state index contributed by atoms with van der Waals surface area (Å²) in [7, 11) is 0. The quantitative estimate of drug-likeness (QED) is 0.916. The van der Waals surface area contributed by atoms with Crippen molar-refractivity contribution in [3.05, 3.63) is 35.6 Å². The molecule has 1 aliphatic rings. The number of nitrogens with one attached hydrogen (secondary N) is 1. The molecule has 122 valence electrons. The van der Waals surface area contributed by atoms with Crippen LogP contribution in [0.3, 0.4) is 0 Å². The number of piperidine rings is 1. The summed E-state index contributed by atoms with van der Waals surface area (Å²) in [5.41, 5.74) is 1.01. The van der Waals surface area contributed by atoms with Crippen LogP contribution in [-0.4, -0.2) is 46.5 Å². The third-order valence-electron chi connectivity index (χ3n) is 4.12. The molecule has 1 fully saturated rings. The lowest BCUT2D eigenvalue weighted by molar-refractivity contribution is 0.0647. The van der Waals surface area contributed by atoms with Gasteiger partial charge in [-0.25, -0.2) is 4.98 Å². The Morgan fingerprint density at radius 1 is 1.35 bits per heavy atom. The van der Waals surface area contributed by atoms with Gasteiger partial charge in [0.1, 0.15) is 9.88 Å². The van der Waals surface area contributed by atoms with Crippen LogP contribution in [0.1, 0.15) is 35.9 Å². The summed E-state index contributed by atoms with van der Waals surface area (Å²) in [6, 6.07) is 4.18. The third kappa shape index (κ3) is 3.76. The van der Waals surface area contributed by atoms with Crippen LogP contribution in [0.4, 0.5) is 0 Å². The lowest BCUT2D eigenvalue weighted by atomic mass is 10.0. The van der Waals surface area contributed by atoms with E-state index in [1.807, 2.05) is 17.0 Å². The first-order valence-corrected chi connectivity index (χ1v) is 8.99. The van der Waals surface area contributed by atoms with E-state index in [9.17, 15) is 4.79 Å². The molecule has 3 heterocycles. The summed E-state index contributed by atoms with van der Waals surface area (Å²) in [4.78, 5) is 24.2. The Balaban J connectivity index is 1.78. The highest BCUT2D eigenvalue weighted by Crippen LogP contribution is 2.26. The fourth-order valence-corrected chi connectivity index (χ4v) is 3.83. The molecule has 0 spiro atoms. The zero-order valence-electron chi connectivity index (χ0n) is 13.4. The summed E-state index contributed by atoms with van der Waals surface area (Å²) in [5, 5.41) is 4.24. The topological polar surface area (TPSA) is 58.1 Å². The number of nitrogens with zero attached hydrogens (tertiary/aromatic N) is 3. The minimum atomic E-state index is 0.122. The molecular weight excluding hydrogens is 308 g/mol. The van der Waals surface area contributed by atoms with E-state index in [0.717, 1.165) is 54.3 Å². The molecule has 1 N–H and O–H groups in total. The zero-order valence-corrected chi connectivity index (χ0v) is 14.2. The second-order valence-corrected chi connectivity index (χ2v) is 6.78. The lowest BCUT2D eigenvalue weighted by Crippen LogP contribution is -2.46. The highest BCUT2D eigenvalue weighted by molar-refractivity contribution is 7.16. The highest BCUT2D eigenvalue weighted by Gasteiger charge is 2.26. The number of amides is 1. The maximum Gasteiger partial charge on any atom is 0.265 e. The van der Waals surface area contributed by atoms with Crippen molar-refractivity contribution in [2.24, 2.45) is 0 Å². The second-order valence-electron chi connectivity index (χ2n) is 5.75. The number of carbonyl (C=O) groups excluding carboxylic acids is 1. The van der Waals surface area contributed by atoms with E-state index in [2.05, 4.69) is 22.2 Å². The molecule has 5 nitrogen and oxygen atoms in total. The van der Waals surface area contributed by atoms with Crippen LogP contribution >= 0.6 is 11.3 Å². The third-order valence-corrected chi connectivity index (χ3v) is 5.15. The summed E-state index contributed by atoms with van der Waals surface area (Å²) in [6.45, 7) is 4.91. The molecule has 0 aliphatic carbocycles. The van der Waals surface area contributed by atoms with Gasteiger partial charge in [0.15, 0.2) is 0 Å². The van der Waals surface area contributed by atoms with E-state index in [-0.39, 0.29) is 5.91 Å². The Morgan fingerprint density at radius 2 is 2.09 bits per heavy atom. The van der Waals surface area contributed by atoms with Crippen LogP contribution in [0.5, 0.6) is 0 Å². The second kappa shape index (κ2) is 7.66. The van der Waals surface area contributed by atoms with Gasteiger partial charge in [0.25, 0.3) is 5.91 Å². The molecule has 2 aromatic heterocycles. The fourth-order valence-electron chi connectivity index (χ4n) is 2.95. The van der Waals surface area contributed by atoms with Gasteiger partial charge in [-0.1, -0.05) is 6.92 Å². The zero-order chi connectivity index (χ0) is 16.1. The van der Waals surface area contributed by atoms with Crippen molar-refractivity contribution in [3.63, 3.8) is 0 Å². The number of hydrogen-bond donors (Lipinski definition) is 1. The maximum absolute atomic E-state index is 12.9. The Bertz CT molecular complexity index is 637. The van der Waals surface area contributed by atoms with E-state index in [1.54, 1.807) is 18.6 Å². The van der Waals surface area contributed by atoms with Crippen LogP contribution in [0.15, 0.2) is 30.7 Å². The summed E-state index contributed by atoms with van der Waals surface area (Å²) >= 11 is 1.47. The summed E-state index contributed by atoms with van der Waals surface area (Å²) in [5.74, 6) is 0.122. The number of rotatable bonds is 5. The molecule has 3 rings (SSSR count). The highest BCUT2D eigenvalue weighted by atomic mass is 32.1. The van der Waals surface area contributed by atoms with E-state index in [1.165, 1.54) is 11.3 Å². The van der Waals surface area contributed by atoms with Gasteiger partial charge >= 0.3 is 0 Å². The number of aromatic nitrogens is 2. The van der Waals surface area contributed by atoms with E-state index >= 15 is 0 Å². The number of pyridine rings is 1. The van der Waals surface area contributed by atoms with Crippen molar-refractivity contribution in [2.75, 3.05) is 19.6 Å². The van der Waals surface area contributed by atoms with Crippen LogP contribution in [-0.2, 0) is 0 Å².